The molecule has 0 radical (unpaired) electrons. The zero-order valence-corrected chi connectivity index (χ0v) is 15.7. The number of aliphatic hydroxyl groups is 1. The average molecular weight is 376 g/mol. The highest BCUT2D eigenvalue weighted by molar-refractivity contribution is 6.30. The number of nitrogens with zero attached hydrogens (tertiary/aromatic N) is 5. The minimum atomic E-state index is -0.130. The summed E-state index contributed by atoms with van der Waals surface area (Å²) >= 11 is 6.07. The minimum Gasteiger partial charge on any atom is -0.394 e. The van der Waals surface area contributed by atoms with Crippen LogP contribution >= 0.6 is 11.6 Å². The van der Waals surface area contributed by atoms with Gasteiger partial charge in [0.15, 0.2) is 17.0 Å². The van der Waals surface area contributed by atoms with E-state index in [1.165, 1.54) is 0 Å². The Hall–Kier alpha value is -2.45. The van der Waals surface area contributed by atoms with E-state index in [1.54, 1.807) is 16.8 Å². The Bertz CT molecular complexity index is 892. The van der Waals surface area contributed by atoms with Crippen LogP contribution in [0.2, 0.25) is 5.02 Å². The highest BCUT2D eigenvalue weighted by Gasteiger charge is 2.18. The summed E-state index contributed by atoms with van der Waals surface area (Å²) in [6, 6.07) is 7.32. The van der Waals surface area contributed by atoms with Crippen molar-refractivity contribution in [2.45, 2.75) is 39.3 Å². The van der Waals surface area contributed by atoms with E-state index in [0.29, 0.717) is 28.0 Å². The van der Waals surface area contributed by atoms with Crippen molar-refractivity contribution in [3.63, 3.8) is 0 Å². The van der Waals surface area contributed by atoms with Gasteiger partial charge in [-0.25, -0.2) is 4.68 Å². The zero-order chi connectivity index (χ0) is 18.7. The van der Waals surface area contributed by atoms with Crippen molar-refractivity contribution in [1.29, 1.82) is 0 Å². The molecule has 0 fully saturated rings. The van der Waals surface area contributed by atoms with Gasteiger partial charge < -0.3 is 15.7 Å². The highest BCUT2D eigenvalue weighted by Crippen LogP contribution is 2.26. The van der Waals surface area contributed by atoms with Crippen molar-refractivity contribution in [1.82, 2.24) is 25.0 Å². The number of hydrogen-bond donors (Lipinski definition) is 3. The summed E-state index contributed by atoms with van der Waals surface area (Å²) in [5.74, 6) is 0.937. The molecule has 1 atom stereocenters. The predicted molar refractivity (Wildman–Crippen MR) is 103 cm³/mol. The maximum Gasteiger partial charge on any atom is 0.227 e. The Morgan fingerprint density at radius 1 is 1.27 bits per heavy atom. The molecule has 0 spiro atoms. The summed E-state index contributed by atoms with van der Waals surface area (Å²) in [4.78, 5) is 9.08. The van der Waals surface area contributed by atoms with E-state index in [1.807, 2.05) is 32.9 Å². The molecule has 0 saturated carbocycles. The lowest BCUT2D eigenvalue weighted by Gasteiger charge is -2.15. The second-order valence-corrected chi connectivity index (χ2v) is 6.70. The van der Waals surface area contributed by atoms with Gasteiger partial charge in [0.25, 0.3) is 0 Å². The van der Waals surface area contributed by atoms with Crippen LogP contribution in [-0.2, 0) is 0 Å². The normalized spacial score (nSPS) is 12.5. The fourth-order valence-electron chi connectivity index (χ4n) is 2.49. The van der Waals surface area contributed by atoms with Crippen LogP contribution in [-0.4, -0.2) is 42.7 Å². The van der Waals surface area contributed by atoms with Crippen LogP contribution in [0.4, 0.5) is 17.5 Å². The molecule has 0 amide bonds. The van der Waals surface area contributed by atoms with Gasteiger partial charge in [-0.05, 0) is 38.5 Å². The third kappa shape index (κ3) is 3.86. The molecule has 3 rings (SSSR count). The molecule has 0 aliphatic rings. The summed E-state index contributed by atoms with van der Waals surface area (Å²) in [7, 11) is 0. The van der Waals surface area contributed by atoms with E-state index in [9.17, 15) is 5.11 Å². The number of rotatable bonds is 7. The van der Waals surface area contributed by atoms with Gasteiger partial charge in [0.1, 0.15) is 0 Å². The summed E-state index contributed by atoms with van der Waals surface area (Å²) in [6.45, 7) is 6.00. The van der Waals surface area contributed by atoms with Gasteiger partial charge in [-0.1, -0.05) is 29.8 Å². The molecule has 3 N–H and O–H groups in total. The minimum absolute atomic E-state index is 0.00333. The molecule has 2 aromatic heterocycles. The van der Waals surface area contributed by atoms with Crippen LogP contribution in [0.15, 0.2) is 24.3 Å². The molecule has 138 valence electrons. The molecule has 1 unspecified atom stereocenters. The maximum absolute atomic E-state index is 9.46. The van der Waals surface area contributed by atoms with Gasteiger partial charge in [0, 0.05) is 10.7 Å². The quantitative estimate of drug-likeness (QED) is 0.581. The zero-order valence-electron chi connectivity index (χ0n) is 14.9. The van der Waals surface area contributed by atoms with Crippen LogP contribution in [0.25, 0.3) is 11.2 Å². The van der Waals surface area contributed by atoms with Gasteiger partial charge in [-0.3, -0.25) is 0 Å². The molecule has 9 heteroatoms. The van der Waals surface area contributed by atoms with Crippen molar-refractivity contribution < 1.29 is 5.11 Å². The summed E-state index contributed by atoms with van der Waals surface area (Å²) in [6.07, 6.45) is 0.747. The Morgan fingerprint density at radius 3 is 2.73 bits per heavy atom. The molecule has 0 aliphatic heterocycles. The molecule has 1 aromatic carbocycles. The lowest BCUT2D eigenvalue weighted by atomic mass is 10.2. The van der Waals surface area contributed by atoms with Crippen LogP contribution < -0.4 is 10.6 Å². The van der Waals surface area contributed by atoms with Crippen molar-refractivity contribution in [2.75, 3.05) is 17.2 Å². The lowest BCUT2D eigenvalue weighted by Crippen LogP contribution is -2.24. The van der Waals surface area contributed by atoms with E-state index in [2.05, 4.69) is 30.9 Å². The van der Waals surface area contributed by atoms with E-state index in [0.717, 1.165) is 12.1 Å². The molecule has 0 saturated heterocycles. The van der Waals surface area contributed by atoms with Crippen LogP contribution in [0.5, 0.6) is 0 Å². The Kier molecular flexibility index (Phi) is 5.53. The lowest BCUT2D eigenvalue weighted by molar-refractivity contribution is 0.271. The smallest absolute Gasteiger partial charge is 0.227 e. The molecule has 2 heterocycles. The third-order valence-corrected chi connectivity index (χ3v) is 4.18. The number of nitrogens with one attached hydrogen (secondary N) is 2. The van der Waals surface area contributed by atoms with E-state index >= 15 is 0 Å². The first-order valence-electron chi connectivity index (χ1n) is 8.54. The number of aromatic nitrogens is 5. The largest absolute Gasteiger partial charge is 0.394 e. The van der Waals surface area contributed by atoms with Crippen molar-refractivity contribution >= 4 is 40.2 Å². The van der Waals surface area contributed by atoms with Crippen molar-refractivity contribution in [2.24, 2.45) is 0 Å². The molecule has 8 nitrogen and oxygen atoms in total. The van der Waals surface area contributed by atoms with Crippen LogP contribution in [0, 0.1) is 0 Å². The Labute approximate surface area is 156 Å². The van der Waals surface area contributed by atoms with Gasteiger partial charge >= 0.3 is 0 Å². The van der Waals surface area contributed by atoms with Crippen LogP contribution in [0.1, 0.15) is 33.2 Å². The topological polar surface area (TPSA) is 101 Å². The number of halogens is 1. The van der Waals surface area contributed by atoms with Gasteiger partial charge in [0.05, 0.1) is 18.7 Å². The van der Waals surface area contributed by atoms with Gasteiger partial charge in [0.2, 0.25) is 5.95 Å². The third-order valence-electron chi connectivity index (χ3n) is 3.95. The first-order valence-corrected chi connectivity index (χ1v) is 8.92. The average Bonchev–Trinajstić information content (AvgIpc) is 3.04. The van der Waals surface area contributed by atoms with Crippen LogP contribution in [0.3, 0.4) is 0 Å². The van der Waals surface area contributed by atoms with Crippen molar-refractivity contribution in [3.05, 3.63) is 29.3 Å². The number of aliphatic hydroxyl groups excluding tert-OH is 1. The Balaban J connectivity index is 2.07. The first kappa shape index (κ1) is 18.3. The molecular weight excluding hydrogens is 354 g/mol. The monoisotopic (exact) mass is 375 g/mol. The van der Waals surface area contributed by atoms with Gasteiger partial charge in [-0.2, -0.15) is 9.97 Å². The summed E-state index contributed by atoms with van der Waals surface area (Å²) < 4.78 is 1.74. The number of benzene rings is 1. The second-order valence-electron chi connectivity index (χ2n) is 6.26. The summed E-state index contributed by atoms with van der Waals surface area (Å²) in [5, 5.41) is 24.9. The van der Waals surface area contributed by atoms with E-state index in [4.69, 9.17) is 11.6 Å². The molecule has 26 heavy (non-hydrogen) atoms. The highest BCUT2D eigenvalue weighted by atomic mass is 35.5. The SMILES string of the molecule is CCC(CO)Nc1nc(Nc2cccc(Cl)c2)c2nnn(C(C)C)c2n1. The standard InChI is InChI=1S/C17H22ClN7O/c1-4-12(9-26)20-17-21-15(19-13-7-5-6-11(18)8-13)14-16(22-17)25(10(2)3)24-23-14/h5-8,10,12,26H,4,9H2,1-3H3,(H2,19,20,21,22). The molecule has 0 bridgehead atoms. The molecular formula is C17H22ClN7O. The second kappa shape index (κ2) is 7.84. The number of anilines is 3. The Morgan fingerprint density at radius 2 is 2.08 bits per heavy atom. The maximum atomic E-state index is 9.46. The van der Waals surface area contributed by atoms with Gasteiger partial charge in [-0.15, -0.1) is 5.10 Å². The number of fused-ring (bicyclic) bond motifs is 1. The summed E-state index contributed by atoms with van der Waals surface area (Å²) in [5.41, 5.74) is 1.98. The van der Waals surface area contributed by atoms with Crippen molar-refractivity contribution in [3.8, 4) is 0 Å². The molecule has 3 aromatic rings. The fourth-order valence-corrected chi connectivity index (χ4v) is 2.68. The van der Waals surface area contributed by atoms with E-state index in [-0.39, 0.29) is 18.7 Å². The first-order chi connectivity index (χ1) is 12.5. The predicted octanol–water partition coefficient (Wildman–Crippen LogP) is 3.38. The molecule has 0 aliphatic carbocycles. The van der Waals surface area contributed by atoms with E-state index < -0.39 is 0 Å². The number of hydrogen-bond acceptors (Lipinski definition) is 7. The fraction of sp³-hybridized carbons (Fsp3) is 0.412.